The molecule has 1 fully saturated rings. The van der Waals surface area contributed by atoms with Crippen LogP contribution in [-0.4, -0.2) is 11.1 Å². The second kappa shape index (κ2) is 6.44. The van der Waals surface area contributed by atoms with Crippen molar-refractivity contribution in [2.24, 2.45) is 5.92 Å². The molecule has 0 aromatic carbocycles. The Bertz CT molecular complexity index is 185. The summed E-state index contributed by atoms with van der Waals surface area (Å²) in [5.74, 6) is 0.677. The van der Waals surface area contributed by atoms with Gasteiger partial charge >= 0.3 is 0 Å². The average molecular weight is 225 g/mol. The fourth-order valence-electron chi connectivity index (χ4n) is 2.57. The highest BCUT2D eigenvalue weighted by Crippen LogP contribution is 2.32. The number of rotatable bonds is 2. The van der Waals surface area contributed by atoms with E-state index in [-0.39, 0.29) is 11.1 Å². The fourth-order valence-corrected chi connectivity index (χ4v) is 2.57. The molecule has 1 N–H and O–H groups in total. The molecule has 0 aromatic rings. The Morgan fingerprint density at radius 1 is 1.06 bits per heavy atom. The number of piperidine rings is 1. The molecule has 0 bridgehead atoms. The van der Waals surface area contributed by atoms with Crippen molar-refractivity contribution >= 4 is 0 Å². The van der Waals surface area contributed by atoms with E-state index in [0.717, 1.165) is 0 Å². The van der Waals surface area contributed by atoms with Crippen molar-refractivity contribution in [1.82, 2.24) is 5.32 Å². The second-order valence-corrected chi connectivity index (χ2v) is 6.30. The first kappa shape index (κ1) is 15.7. The summed E-state index contributed by atoms with van der Waals surface area (Å²) in [4.78, 5) is 0. The normalized spacial score (nSPS) is 23.1. The highest BCUT2D eigenvalue weighted by molar-refractivity contribution is 5.01. The monoisotopic (exact) mass is 225 g/mol. The van der Waals surface area contributed by atoms with Gasteiger partial charge in [-0.2, -0.15) is 0 Å². The van der Waals surface area contributed by atoms with Crippen molar-refractivity contribution < 1.29 is 0 Å². The highest BCUT2D eigenvalue weighted by atomic mass is 15.0. The van der Waals surface area contributed by atoms with E-state index in [4.69, 9.17) is 0 Å². The first-order chi connectivity index (χ1) is 7.26. The van der Waals surface area contributed by atoms with Crippen molar-refractivity contribution in [3.8, 4) is 0 Å². The highest BCUT2D eigenvalue weighted by Gasteiger charge is 2.36. The van der Waals surface area contributed by atoms with Crippen LogP contribution in [0.5, 0.6) is 0 Å². The molecule has 0 radical (unpaired) electrons. The Labute approximate surface area is 103 Å². The van der Waals surface area contributed by atoms with Crippen LogP contribution in [0.1, 0.15) is 67.2 Å². The zero-order valence-corrected chi connectivity index (χ0v) is 12.2. The topological polar surface area (TPSA) is 12.0 Å². The molecule has 1 aliphatic rings. The van der Waals surface area contributed by atoms with Crippen LogP contribution >= 0.6 is 0 Å². The van der Waals surface area contributed by atoms with Crippen LogP contribution in [0.2, 0.25) is 0 Å². The largest absolute Gasteiger partial charge is 0.307 e. The van der Waals surface area contributed by atoms with Crippen LogP contribution in [0.15, 0.2) is 12.7 Å². The molecule has 1 aliphatic heterocycles. The van der Waals surface area contributed by atoms with E-state index in [1.54, 1.807) is 0 Å². The lowest BCUT2D eigenvalue weighted by Gasteiger charge is -2.45. The van der Waals surface area contributed by atoms with E-state index in [1.165, 1.54) is 25.7 Å². The molecule has 0 atom stereocenters. The Morgan fingerprint density at radius 3 is 1.69 bits per heavy atom. The Hall–Kier alpha value is -0.300. The summed E-state index contributed by atoms with van der Waals surface area (Å²) in [7, 11) is 0. The summed E-state index contributed by atoms with van der Waals surface area (Å²) in [6, 6.07) is 0. The van der Waals surface area contributed by atoms with E-state index < -0.39 is 0 Å². The maximum Gasteiger partial charge on any atom is 0.0135 e. The van der Waals surface area contributed by atoms with Gasteiger partial charge in [-0.3, -0.25) is 0 Å². The third-order valence-corrected chi connectivity index (χ3v) is 3.06. The molecular formula is C15H31N. The summed E-state index contributed by atoms with van der Waals surface area (Å²) < 4.78 is 0. The smallest absolute Gasteiger partial charge is 0.0135 e. The minimum atomic E-state index is 0.264. The average Bonchev–Trinajstić information content (AvgIpc) is 2.13. The van der Waals surface area contributed by atoms with Crippen LogP contribution < -0.4 is 5.32 Å². The van der Waals surface area contributed by atoms with Gasteiger partial charge < -0.3 is 5.32 Å². The molecule has 1 nitrogen and oxygen atoms in total. The lowest BCUT2D eigenvalue weighted by atomic mass is 9.76. The van der Waals surface area contributed by atoms with E-state index in [2.05, 4.69) is 59.5 Å². The summed E-state index contributed by atoms with van der Waals surface area (Å²) >= 11 is 0. The van der Waals surface area contributed by atoms with Crippen molar-refractivity contribution in [2.45, 2.75) is 78.3 Å². The quantitative estimate of drug-likeness (QED) is 0.681. The van der Waals surface area contributed by atoms with Gasteiger partial charge in [0.1, 0.15) is 0 Å². The van der Waals surface area contributed by atoms with E-state index >= 15 is 0 Å². The summed E-state index contributed by atoms with van der Waals surface area (Å²) in [5.41, 5.74) is 0.529. The van der Waals surface area contributed by atoms with Gasteiger partial charge in [-0.1, -0.05) is 32.8 Å². The first-order valence-electron chi connectivity index (χ1n) is 6.68. The number of nitrogens with one attached hydrogen (secondary N) is 1. The van der Waals surface area contributed by atoms with Gasteiger partial charge in [-0.15, -0.1) is 6.58 Å². The standard InChI is InChI=1S/C11H21N.C4H10/c1-6-9-7-10(2,3)12-11(4,5)8-9;1-3-4-2/h6,9,12H,1,7-8H2,2-5H3;3-4H2,1-2H3. The number of hydrogen-bond donors (Lipinski definition) is 1. The number of unbranched alkanes of at least 4 members (excludes halogenated alkanes) is 1. The molecule has 0 amide bonds. The third-order valence-electron chi connectivity index (χ3n) is 3.06. The van der Waals surface area contributed by atoms with Gasteiger partial charge in [0, 0.05) is 11.1 Å². The molecule has 16 heavy (non-hydrogen) atoms. The van der Waals surface area contributed by atoms with Gasteiger partial charge in [0.25, 0.3) is 0 Å². The van der Waals surface area contributed by atoms with Gasteiger partial charge in [0.2, 0.25) is 0 Å². The van der Waals surface area contributed by atoms with Crippen molar-refractivity contribution in [3.63, 3.8) is 0 Å². The lowest BCUT2D eigenvalue weighted by Crippen LogP contribution is -2.57. The Kier molecular flexibility index (Phi) is 6.32. The van der Waals surface area contributed by atoms with Gasteiger partial charge in [-0.05, 0) is 46.5 Å². The first-order valence-corrected chi connectivity index (χ1v) is 6.68. The maximum atomic E-state index is 3.89. The zero-order chi connectivity index (χ0) is 12.8. The van der Waals surface area contributed by atoms with E-state index in [1.807, 2.05) is 0 Å². The lowest BCUT2D eigenvalue weighted by molar-refractivity contribution is 0.150. The molecule has 0 unspecified atom stereocenters. The third kappa shape index (κ3) is 6.32. The van der Waals surface area contributed by atoms with E-state index in [0.29, 0.717) is 5.92 Å². The Morgan fingerprint density at radius 2 is 1.44 bits per heavy atom. The van der Waals surface area contributed by atoms with Gasteiger partial charge in [-0.25, -0.2) is 0 Å². The summed E-state index contributed by atoms with van der Waals surface area (Å²) in [6.07, 6.45) is 7.16. The molecule has 0 aliphatic carbocycles. The van der Waals surface area contributed by atoms with Crippen LogP contribution in [0, 0.1) is 5.92 Å². The van der Waals surface area contributed by atoms with Crippen molar-refractivity contribution in [2.75, 3.05) is 0 Å². The van der Waals surface area contributed by atoms with Crippen molar-refractivity contribution in [3.05, 3.63) is 12.7 Å². The molecular weight excluding hydrogens is 194 g/mol. The molecule has 96 valence electrons. The predicted molar refractivity (Wildman–Crippen MR) is 74.8 cm³/mol. The maximum absolute atomic E-state index is 3.89. The molecule has 0 saturated carbocycles. The van der Waals surface area contributed by atoms with Crippen LogP contribution in [0.25, 0.3) is 0 Å². The molecule has 0 spiro atoms. The second-order valence-electron chi connectivity index (χ2n) is 6.30. The summed E-state index contributed by atoms with van der Waals surface area (Å²) in [5, 5.41) is 3.65. The predicted octanol–water partition coefficient (Wildman–Crippen LogP) is 4.54. The molecule has 0 aromatic heterocycles. The fraction of sp³-hybridized carbons (Fsp3) is 0.867. The molecule has 1 heterocycles. The zero-order valence-electron chi connectivity index (χ0n) is 12.2. The molecule has 1 rings (SSSR count). The SMILES string of the molecule is C=CC1CC(C)(C)NC(C)(C)C1.CCCC. The van der Waals surface area contributed by atoms with Gasteiger partial charge in [0.05, 0.1) is 0 Å². The van der Waals surface area contributed by atoms with Crippen LogP contribution in [0.3, 0.4) is 0 Å². The minimum Gasteiger partial charge on any atom is -0.307 e. The Balaban J connectivity index is 0.000000487. The minimum absolute atomic E-state index is 0.264. The van der Waals surface area contributed by atoms with Crippen LogP contribution in [-0.2, 0) is 0 Å². The van der Waals surface area contributed by atoms with E-state index in [9.17, 15) is 0 Å². The molecule has 1 saturated heterocycles. The summed E-state index contributed by atoms with van der Waals surface area (Å²) in [6.45, 7) is 17.3. The van der Waals surface area contributed by atoms with Crippen LogP contribution in [0.4, 0.5) is 0 Å². The number of hydrogen-bond acceptors (Lipinski definition) is 1. The van der Waals surface area contributed by atoms with Gasteiger partial charge in [0.15, 0.2) is 0 Å². The van der Waals surface area contributed by atoms with Crippen molar-refractivity contribution in [1.29, 1.82) is 0 Å². The number of allylic oxidation sites excluding steroid dienone is 1. The molecule has 1 heteroatoms.